The number of nitrogens with one attached hydrogen (secondary N) is 2. The maximum atomic E-state index is 4.60. The maximum absolute atomic E-state index is 4.60. The minimum Gasteiger partial charge on any atom is -0.373 e. The fraction of sp³-hybridized carbons (Fsp3) is 0.500. The zero-order valence-corrected chi connectivity index (χ0v) is 11.9. The lowest BCUT2D eigenvalue weighted by Crippen LogP contribution is -2.11. The lowest BCUT2D eigenvalue weighted by molar-refractivity contribution is 0.710. The SMILES string of the molecule is CNc1cc(NCCc2ccnn2C)nc(C2CC2)n1. The highest BCUT2D eigenvalue weighted by atomic mass is 15.3. The Morgan fingerprint density at radius 3 is 2.75 bits per heavy atom. The molecule has 0 spiro atoms. The summed E-state index contributed by atoms with van der Waals surface area (Å²) in [4.78, 5) is 9.11. The molecule has 0 aromatic carbocycles. The fourth-order valence-corrected chi connectivity index (χ4v) is 2.17. The lowest BCUT2D eigenvalue weighted by atomic mass is 10.3. The molecule has 1 aliphatic rings. The molecule has 0 aliphatic heterocycles. The van der Waals surface area contributed by atoms with E-state index in [1.807, 2.05) is 37.1 Å². The van der Waals surface area contributed by atoms with Crippen LogP contribution in [-0.4, -0.2) is 33.3 Å². The van der Waals surface area contributed by atoms with Gasteiger partial charge in [-0.1, -0.05) is 0 Å². The monoisotopic (exact) mass is 272 g/mol. The molecule has 20 heavy (non-hydrogen) atoms. The third-order valence-electron chi connectivity index (χ3n) is 3.55. The molecule has 2 N–H and O–H groups in total. The third kappa shape index (κ3) is 2.89. The van der Waals surface area contributed by atoms with Gasteiger partial charge in [0.2, 0.25) is 0 Å². The number of hydrogen-bond acceptors (Lipinski definition) is 5. The molecule has 1 aliphatic carbocycles. The van der Waals surface area contributed by atoms with Crippen LogP contribution in [0.5, 0.6) is 0 Å². The van der Waals surface area contributed by atoms with Gasteiger partial charge in [-0.2, -0.15) is 5.10 Å². The van der Waals surface area contributed by atoms with Gasteiger partial charge in [-0.25, -0.2) is 9.97 Å². The predicted octanol–water partition coefficient (Wildman–Crippen LogP) is 1.78. The largest absolute Gasteiger partial charge is 0.373 e. The average molecular weight is 272 g/mol. The summed E-state index contributed by atoms with van der Waals surface area (Å²) in [7, 11) is 3.85. The van der Waals surface area contributed by atoms with E-state index in [0.29, 0.717) is 5.92 Å². The van der Waals surface area contributed by atoms with E-state index in [2.05, 4.69) is 25.7 Å². The van der Waals surface area contributed by atoms with Crippen LogP contribution >= 0.6 is 0 Å². The molecule has 2 heterocycles. The summed E-state index contributed by atoms with van der Waals surface area (Å²) < 4.78 is 1.90. The summed E-state index contributed by atoms with van der Waals surface area (Å²) in [6, 6.07) is 3.99. The highest BCUT2D eigenvalue weighted by molar-refractivity contribution is 5.47. The van der Waals surface area contributed by atoms with E-state index < -0.39 is 0 Å². The van der Waals surface area contributed by atoms with Gasteiger partial charge in [0.15, 0.2) is 0 Å². The van der Waals surface area contributed by atoms with Gasteiger partial charge < -0.3 is 10.6 Å². The molecular formula is C14H20N6. The molecule has 0 unspecified atom stereocenters. The molecule has 2 aromatic rings. The van der Waals surface area contributed by atoms with Crippen LogP contribution in [0.15, 0.2) is 18.3 Å². The molecule has 0 bridgehead atoms. The molecule has 6 heteroatoms. The van der Waals surface area contributed by atoms with Gasteiger partial charge in [-0.15, -0.1) is 0 Å². The Labute approximate surface area is 118 Å². The van der Waals surface area contributed by atoms with Crippen molar-refractivity contribution in [1.29, 1.82) is 0 Å². The first kappa shape index (κ1) is 12.9. The lowest BCUT2D eigenvalue weighted by Gasteiger charge is -2.09. The van der Waals surface area contributed by atoms with E-state index >= 15 is 0 Å². The standard InChI is InChI=1S/C14H20N6/c1-15-12-9-13(19-14(18-12)10-3-4-10)16-7-5-11-6-8-17-20(11)2/h6,8-10H,3-5,7H2,1-2H3,(H2,15,16,18,19). The molecule has 0 radical (unpaired) electrons. The molecular weight excluding hydrogens is 252 g/mol. The van der Waals surface area contributed by atoms with Crippen LogP contribution in [-0.2, 0) is 13.5 Å². The highest BCUT2D eigenvalue weighted by Crippen LogP contribution is 2.38. The first-order valence-electron chi connectivity index (χ1n) is 7.04. The second-order valence-corrected chi connectivity index (χ2v) is 5.14. The second-order valence-electron chi connectivity index (χ2n) is 5.14. The second kappa shape index (κ2) is 5.48. The number of rotatable bonds is 6. The molecule has 0 amide bonds. The van der Waals surface area contributed by atoms with E-state index in [4.69, 9.17) is 0 Å². The molecule has 3 rings (SSSR count). The van der Waals surface area contributed by atoms with Crippen LogP contribution in [0, 0.1) is 0 Å². The normalized spacial score (nSPS) is 14.3. The maximum Gasteiger partial charge on any atom is 0.136 e. The average Bonchev–Trinajstić information content (AvgIpc) is 3.23. The smallest absolute Gasteiger partial charge is 0.136 e. The topological polar surface area (TPSA) is 67.7 Å². The van der Waals surface area contributed by atoms with Gasteiger partial charge >= 0.3 is 0 Å². The van der Waals surface area contributed by atoms with Crippen molar-refractivity contribution >= 4 is 11.6 Å². The minimum atomic E-state index is 0.556. The van der Waals surface area contributed by atoms with Crippen molar-refractivity contribution in [3.05, 3.63) is 29.8 Å². The first-order valence-corrected chi connectivity index (χ1v) is 7.04. The Balaban J connectivity index is 1.64. The number of hydrogen-bond donors (Lipinski definition) is 2. The molecule has 2 aromatic heterocycles. The van der Waals surface area contributed by atoms with Crippen molar-refractivity contribution in [2.75, 3.05) is 24.2 Å². The summed E-state index contributed by atoms with van der Waals surface area (Å²) in [5.41, 5.74) is 1.21. The highest BCUT2D eigenvalue weighted by Gasteiger charge is 2.27. The van der Waals surface area contributed by atoms with Gasteiger partial charge in [0, 0.05) is 50.9 Å². The zero-order valence-electron chi connectivity index (χ0n) is 11.9. The first-order chi connectivity index (χ1) is 9.76. The number of aromatic nitrogens is 4. The van der Waals surface area contributed by atoms with E-state index in [0.717, 1.165) is 30.4 Å². The van der Waals surface area contributed by atoms with E-state index in [-0.39, 0.29) is 0 Å². The van der Waals surface area contributed by atoms with Gasteiger partial charge in [0.05, 0.1) is 0 Å². The van der Waals surface area contributed by atoms with Crippen molar-refractivity contribution in [1.82, 2.24) is 19.7 Å². The van der Waals surface area contributed by atoms with Gasteiger partial charge in [0.1, 0.15) is 17.5 Å². The van der Waals surface area contributed by atoms with Crippen molar-refractivity contribution in [3.8, 4) is 0 Å². The number of anilines is 2. The summed E-state index contributed by atoms with van der Waals surface area (Å²) in [6.45, 7) is 0.837. The predicted molar refractivity (Wildman–Crippen MR) is 79.0 cm³/mol. The minimum absolute atomic E-state index is 0.556. The Kier molecular flexibility index (Phi) is 3.54. The number of nitrogens with zero attached hydrogens (tertiary/aromatic N) is 4. The summed E-state index contributed by atoms with van der Waals surface area (Å²) >= 11 is 0. The molecule has 1 saturated carbocycles. The zero-order chi connectivity index (χ0) is 13.9. The van der Waals surface area contributed by atoms with Crippen molar-refractivity contribution < 1.29 is 0 Å². The van der Waals surface area contributed by atoms with Crippen molar-refractivity contribution in [2.24, 2.45) is 7.05 Å². The van der Waals surface area contributed by atoms with Crippen LogP contribution < -0.4 is 10.6 Å². The van der Waals surface area contributed by atoms with E-state index in [1.54, 1.807) is 0 Å². The third-order valence-corrected chi connectivity index (χ3v) is 3.55. The number of aryl methyl sites for hydroxylation is 1. The summed E-state index contributed by atoms with van der Waals surface area (Å²) in [6.07, 6.45) is 5.17. The molecule has 106 valence electrons. The fourth-order valence-electron chi connectivity index (χ4n) is 2.17. The molecule has 0 atom stereocenters. The Hall–Kier alpha value is -2.11. The van der Waals surface area contributed by atoms with Gasteiger partial charge in [0.25, 0.3) is 0 Å². The molecule has 1 fully saturated rings. The van der Waals surface area contributed by atoms with Crippen molar-refractivity contribution in [2.45, 2.75) is 25.2 Å². The van der Waals surface area contributed by atoms with Crippen LogP contribution in [0.4, 0.5) is 11.6 Å². The van der Waals surface area contributed by atoms with Crippen LogP contribution in [0.2, 0.25) is 0 Å². The van der Waals surface area contributed by atoms with E-state index in [9.17, 15) is 0 Å². The Morgan fingerprint density at radius 2 is 2.10 bits per heavy atom. The Bertz CT molecular complexity index is 587. The molecule has 0 saturated heterocycles. The summed E-state index contributed by atoms with van der Waals surface area (Å²) in [5.74, 6) is 3.29. The van der Waals surface area contributed by atoms with Crippen molar-refractivity contribution in [3.63, 3.8) is 0 Å². The van der Waals surface area contributed by atoms with Crippen LogP contribution in [0.3, 0.4) is 0 Å². The van der Waals surface area contributed by atoms with Gasteiger partial charge in [-0.05, 0) is 18.9 Å². The van der Waals surface area contributed by atoms with E-state index in [1.165, 1.54) is 18.5 Å². The van der Waals surface area contributed by atoms with Gasteiger partial charge in [-0.3, -0.25) is 4.68 Å². The van der Waals surface area contributed by atoms with Crippen LogP contribution in [0.1, 0.15) is 30.3 Å². The van der Waals surface area contributed by atoms with Crippen LogP contribution in [0.25, 0.3) is 0 Å². The quantitative estimate of drug-likeness (QED) is 0.839. The summed E-state index contributed by atoms with van der Waals surface area (Å²) in [5, 5.41) is 10.6. The molecule has 6 nitrogen and oxygen atoms in total. The Morgan fingerprint density at radius 1 is 1.30 bits per heavy atom.